The lowest BCUT2D eigenvalue weighted by Crippen LogP contribution is -2.18. The zero-order valence-corrected chi connectivity index (χ0v) is 17.0. The minimum absolute atomic E-state index is 0.0890. The molecule has 0 unspecified atom stereocenters. The number of hydrogen-bond donors (Lipinski definition) is 0. The highest BCUT2D eigenvalue weighted by atomic mass is 16.5. The van der Waals surface area contributed by atoms with Gasteiger partial charge < -0.3 is 9.26 Å². The van der Waals surface area contributed by atoms with Gasteiger partial charge in [0.05, 0.1) is 5.56 Å². The summed E-state index contributed by atoms with van der Waals surface area (Å²) in [5, 5.41) is 3.79. The largest absolute Gasteiger partial charge is 0.439 e. The Balaban J connectivity index is 1.48. The van der Waals surface area contributed by atoms with Gasteiger partial charge in [-0.2, -0.15) is 4.98 Å². The Bertz CT molecular complexity index is 1100. The van der Waals surface area contributed by atoms with Crippen LogP contribution in [-0.4, -0.2) is 15.1 Å². The van der Waals surface area contributed by atoms with Gasteiger partial charge in [0.25, 0.3) is 5.89 Å². The molecule has 0 saturated carbocycles. The molecule has 0 amide bonds. The normalized spacial score (nSPS) is 11.4. The molecule has 4 rings (SSSR count). The fourth-order valence-electron chi connectivity index (χ4n) is 3.18. The first kappa shape index (κ1) is 18.9. The third-order valence-corrected chi connectivity index (χ3v) is 5.08. The van der Waals surface area contributed by atoms with E-state index in [-0.39, 0.29) is 5.41 Å². The van der Waals surface area contributed by atoms with Crippen LogP contribution in [0, 0.1) is 13.8 Å². The molecule has 0 atom stereocenters. The van der Waals surface area contributed by atoms with Gasteiger partial charge >= 0.3 is 0 Å². The number of aromatic nitrogens is 3. The van der Waals surface area contributed by atoms with Crippen LogP contribution in [0.25, 0.3) is 11.5 Å². The van der Waals surface area contributed by atoms with Gasteiger partial charge in [-0.3, -0.25) is 0 Å². The molecule has 2 aromatic heterocycles. The number of aryl methyl sites for hydroxylation is 2. The summed E-state index contributed by atoms with van der Waals surface area (Å²) < 4.78 is 11.0. The molecule has 2 heterocycles. The molecule has 4 aromatic rings. The summed E-state index contributed by atoms with van der Waals surface area (Å²) in [6.45, 7) is 8.34. The van der Waals surface area contributed by atoms with Crippen molar-refractivity contribution in [1.82, 2.24) is 15.1 Å². The monoisotopic (exact) mass is 385 g/mol. The molecule has 146 valence electrons. The Labute approximate surface area is 170 Å². The zero-order valence-electron chi connectivity index (χ0n) is 17.0. The Hall–Kier alpha value is -3.47. The molecule has 0 radical (unpaired) electrons. The summed E-state index contributed by atoms with van der Waals surface area (Å²) in [6.07, 6.45) is 1.66. The van der Waals surface area contributed by atoms with Crippen molar-refractivity contribution in [1.29, 1.82) is 0 Å². The molecule has 5 nitrogen and oxygen atoms in total. The van der Waals surface area contributed by atoms with Crippen LogP contribution in [-0.2, 0) is 5.41 Å². The number of benzene rings is 2. The van der Waals surface area contributed by atoms with E-state index in [1.165, 1.54) is 16.7 Å². The quantitative estimate of drug-likeness (QED) is 0.430. The lowest BCUT2D eigenvalue weighted by atomic mass is 9.78. The summed E-state index contributed by atoms with van der Waals surface area (Å²) in [7, 11) is 0. The number of ether oxygens (including phenoxy) is 1. The smallest absolute Gasteiger partial charge is 0.259 e. The van der Waals surface area contributed by atoms with Crippen molar-refractivity contribution in [3.8, 4) is 23.1 Å². The summed E-state index contributed by atoms with van der Waals surface area (Å²) in [4.78, 5) is 8.54. The van der Waals surface area contributed by atoms with E-state index in [9.17, 15) is 0 Å². The molecular formula is C24H23N3O2. The van der Waals surface area contributed by atoms with Crippen LogP contribution in [0.3, 0.4) is 0 Å². The molecule has 2 aromatic carbocycles. The van der Waals surface area contributed by atoms with Crippen LogP contribution >= 0.6 is 0 Å². The Morgan fingerprint density at radius 1 is 0.828 bits per heavy atom. The molecule has 0 bridgehead atoms. The van der Waals surface area contributed by atoms with Gasteiger partial charge in [-0.15, -0.1) is 0 Å². The highest BCUT2D eigenvalue weighted by molar-refractivity contribution is 5.51. The van der Waals surface area contributed by atoms with Crippen molar-refractivity contribution in [2.75, 3.05) is 0 Å². The van der Waals surface area contributed by atoms with Gasteiger partial charge in [-0.25, -0.2) is 4.98 Å². The highest BCUT2D eigenvalue weighted by Crippen LogP contribution is 2.33. The number of rotatable bonds is 5. The van der Waals surface area contributed by atoms with Crippen molar-refractivity contribution in [3.05, 3.63) is 89.4 Å². The lowest BCUT2D eigenvalue weighted by molar-refractivity contribution is 0.425. The molecule has 29 heavy (non-hydrogen) atoms. The van der Waals surface area contributed by atoms with Gasteiger partial charge in [0.15, 0.2) is 5.82 Å². The average Bonchev–Trinajstić information content (AvgIpc) is 3.16. The van der Waals surface area contributed by atoms with E-state index in [1.54, 1.807) is 19.2 Å². The second-order valence-corrected chi connectivity index (χ2v) is 7.65. The van der Waals surface area contributed by atoms with Crippen molar-refractivity contribution in [2.24, 2.45) is 0 Å². The van der Waals surface area contributed by atoms with Crippen LogP contribution in [0.5, 0.6) is 11.6 Å². The molecule has 0 N–H and O–H groups in total. The first-order valence-electron chi connectivity index (χ1n) is 9.54. The molecule has 0 saturated heterocycles. The van der Waals surface area contributed by atoms with E-state index >= 15 is 0 Å². The summed E-state index contributed by atoms with van der Waals surface area (Å²) in [6, 6.07) is 20.5. The van der Waals surface area contributed by atoms with E-state index in [1.807, 2.05) is 18.2 Å². The predicted molar refractivity (Wildman–Crippen MR) is 112 cm³/mol. The number of hydrogen-bond acceptors (Lipinski definition) is 5. The first-order chi connectivity index (χ1) is 13.9. The van der Waals surface area contributed by atoms with Crippen molar-refractivity contribution < 1.29 is 9.26 Å². The highest BCUT2D eigenvalue weighted by Gasteiger charge is 2.22. The molecular weight excluding hydrogens is 362 g/mol. The summed E-state index contributed by atoms with van der Waals surface area (Å²) in [5.41, 5.74) is 4.44. The zero-order chi connectivity index (χ0) is 20.4. The fourth-order valence-corrected chi connectivity index (χ4v) is 3.18. The molecule has 5 heteroatoms. The van der Waals surface area contributed by atoms with Crippen LogP contribution in [0.1, 0.15) is 36.4 Å². The SMILES string of the molecule is Cc1ccc(C(C)(C)c2ccc(Oc3ccc(-c4nc(C)no4)cn3)cc2)cc1. The number of nitrogens with zero attached hydrogens (tertiary/aromatic N) is 3. The van der Waals surface area contributed by atoms with E-state index in [0.717, 1.165) is 11.3 Å². The first-order valence-corrected chi connectivity index (χ1v) is 9.54. The van der Waals surface area contributed by atoms with E-state index in [2.05, 4.69) is 72.3 Å². The Morgan fingerprint density at radius 2 is 1.48 bits per heavy atom. The fraction of sp³-hybridized carbons (Fsp3) is 0.208. The Kier molecular flexibility index (Phi) is 4.89. The standard InChI is InChI=1S/C24H23N3O2/c1-16-5-8-19(9-6-16)24(3,4)20-10-12-21(13-11-20)28-22-14-7-18(15-25-22)23-26-17(2)27-29-23/h5-15H,1-4H3. The van der Waals surface area contributed by atoms with E-state index in [0.29, 0.717) is 17.6 Å². The average molecular weight is 385 g/mol. The van der Waals surface area contributed by atoms with Gasteiger partial charge in [-0.05, 0) is 43.2 Å². The van der Waals surface area contributed by atoms with Gasteiger partial charge in [-0.1, -0.05) is 61.0 Å². The summed E-state index contributed by atoms with van der Waals surface area (Å²) >= 11 is 0. The predicted octanol–water partition coefficient (Wildman–Crippen LogP) is 5.87. The van der Waals surface area contributed by atoms with E-state index in [4.69, 9.17) is 9.26 Å². The van der Waals surface area contributed by atoms with Crippen molar-refractivity contribution in [3.63, 3.8) is 0 Å². The molecule has 0 fully saturated rings. The second-order valence-electron chi connectivity index (χ2n) is 7.65. The molecule has 0 spiro atoms. The van der Waals surface area contributed by atoms with Gasteiger partial charge in [0, 0.05) is 17.7 Å². The second kappa shape index (κ2) is 7.51. The summed E-state index contributed by atoms with van der Waals surface area (Å²) in [5.74, 6) is 2.29. The minimum atomic E-state index is -0.0890. The Morgan fingerprint density at radius 3 is 2.03 bits per heavy atom. The van der Waals surface area contributed by atoms with Crippen LogP contribution < -0.4 is 4.74 Å². The van der Waals surface area contributed by atoms with Crippen LogP contribution in [0.4, 0.5) is 0 Å². The van der Waals surface area contributed by atoms with Crippen molar-refractivity contribution in [2.45, 2.75) is 33.1 Å². The molecule has 0 aliphatic heterocycles. The minimum Gasteiger partial charge on any atom is -0.439 e. The van der Waals surface area contributed by atoms with Gasteiger partial charge in [0.2, 0.25) is 5.88 Å². The maximum Gasteiger partial charge on any atom is 0.259 e. The maximum absolute atomic E-state index is 5.89. The van der Waals surface area contributed by atoms with Crippen LogP contribution in [0.15, 0.2) is 71.4 Å². The third kappa shape index (κ3) is 4.04. The van der Waals surface area contributed by atoms with Crippen LogP contribution in [0.2, 0.25) is 0 Å². The van der Waals surface area contributed by atoms with Gasteiger partial charge in [0.1, 0.15) is 5.75 Å². The molecule has 0 aliphatic rings. The maximum atomic E-state index is 5.89. The topological polar surface area (TPSA) is 61.0 Å². The third-order valence-electron chi connectivity index (χ3n) is 5.08. The number of pyridine rings is 1. The molecule has 0 aliphatic carbocycles. The van der Waals surface area contributed by atoms with E-state index < -0.39 is 0 Å². The van der Waals surface area contributed by atoms with Crippen molar-refractivity contribution >= 4 is 0 Å². The lowest BCUT2D eigenvalue weighted by Gasteiger charge is -2.26.